The van der Waals surface area contributed by atoms with Gasteiger partial charge in [0.15, 0.2) is 0 Å². The molecule has 0 unspecified atom stereocenters. The first-order valence-electron chi connectivity index (χ1n) is 6.59. The van der Waals surface area contributed by atoms with Crippen molar-refractivity contribution in [3.05, 3.63) is 23.4 Å². The maximum atomic E-state index is 8.95. The Morgan fingerprint density at radius 3 is 2.78 bits per heavy atom. The van der Waals surface area contributed by atoms with Crippen LogP contribution in [0.1, 0.15) is 31.0 Å². The molecule has 1 aromatic heterocycles. The summed E-state index contributed by atoms with van der Waals surface area (Å²) >= 11 is 0. The molecule has 0 aliphatic carbocycles. The number of nitriles is 1. The van der Waals surface area contributed by atoms with Crippen LogP contribution in [0.25, 0.3) is 0 Å². The van der Waals surface area contributed by atoms with Crippen molar-refractivity contribution in [3.8, 4) is 6.07 Å². The van der Waals surface area contributed by atoms with Crippen molar-refractivity contribution in [2.45, 2.75) is 32.7 Å². The smallest absolute Gasteiger partial charge is 0.127 e. The Balaban J connectivity index is 1.98. The maximum Gasteiger partial charge on any atom is 0.127 e. The van der Waals surface area contributed by atoms with Gasteiger partial charge in [0.25, 0.3) is 0 Å². The van der Waals surface area contributed by atoms with Gasteiger partial charge in [-0.2, -0.15) is 5.26 Å². The summed E-state index contributed by atoms with van der Waals surface area (Å²) in [5.74, 6) is 0.835. The van der Waals surface area contributed by atoms with Gasteiger partial charge in [-0.15, -0.1) is 0 Å². The number of hydrogen-bond donors (Lipinski definition) is 1. The van der Waals surface area contributed by atoms with E-state index in [-0.39, 0.29) is 0 Å². The van der Waals surface area contributed by atoms with Gasteiger partial charge in [0.05, 0.1) is 11.6 Å². The first-order chi connectivity index (χ1) is 8.71. The monoisotopic (exact) mass is 244 g/mol. The molecule has 1 aliphatic rings. The summed E-state index contributed by atoms with van der Waals surface area (Å²) in [4.78, 5) is 6.90. The lowest BCUT2D eigenvalue weighted by Crippen LogP contribution is -2.39. The van der Waals surface area contributed by atoms with Crippen molar-refractivity contribution in [1.29, 1.82) is 5.26 Å². The fraction of sp³-hybridized carbons (Fsp3) is 0.571. The van der Waals surface area contributed by atoms with Crippen molar-refractivity contribution in [3.63, 3.8) is 0 Å². The van der Waals surface area contributed by atoms with Crippen molar-refractivity contribution in [2.75, 3.05) is 25.0 Å². The second-order valence-corrected chi connectivity index (χ2v) is 4.85. The molecule has 4 heteroatoms. The fourth-order valence-corrected chi connectivity index (χ4v) is 2.41. The van der Waals surface area contributed by atoms with E-state index in [4.69, 9.17) is 5.26 Å². The van der Waals surface area contributed by atoms with Crippen LogP contribution in [0.2, 0.25) is 0 Å². The quantitative estimate of drug-likeness (QED) is 0.885. The number of anilines is 1. The van der Waals surface area contributed by atoms with Crippen LogP contribution in [0.15, 0.2) is 12.1 Å². The Bertz CT molecular complexity index is 442. The molecule has 1 saturated heterocycles. The zero-order chi connectivity index (χ0) is 13.0. The predicted molar refractivity (Wildman–Crippen MR) is 72.4 cm³/mol. The molecule has 2 rings (SSSR count). The lowest BCUT2D eigenvalue weighted by atomic mass is 10.1. The summed E-state index contributed by atoms with van der Waals surface area (Å²) < 4.78 is 0. The molecule has 96 valence electrons. The van der Waals surface area contributed by atoms with Crippen molar-refractivity contribution in [2.24, 2.45) is 0 Å². The van der Waals surface area contributed by atoms with E-state index >= 15 is 0 Å². The number of nitrogens with one attached hydrogen (secondary N) is 1. The van der Waals surface area contributed by atoms with Crippen LogP contribution in [0, 0.1) is 18.3 Å². The molecule has 4 nitrogen and oxygen atoms in total. The highest BCUT2D eigenvalue weighted by Crippen LogP contribution is 2.16. The van der Waals surface area contributed by atoms with Crippen LogP contribution < -0.4 is 5.32 Å². The molecule has 0 aromatic carbocycles. The second-order valence-electron chi connectivity index (χ2n) is 4.85. The zero-order valence-corrected chi connectivity index (χ0v) is 11.1. The van der Waals surface area contributed by atoms with E-state index in [9.17, 15) is 0 Å². The Morgan fingerprint density at radius 1 is 1.44 bits per heavy atom. The van der Waals surface area contributed by atoms with E-state index in [0.29, 0.717) is 11.6 Å². The van der Waals surface area contributed by atoms with Gasteiger partial charge in [-0.05, 0) is 38.4 Å². The molecule has 1 aromatic rings. The van der Waals surface area contributed by atoms with Crippen LogP contribution in [-0.4, -0.2) is 35.6 Å². The minimum Gasteiger partial charge on any atom is -0.367 e. The van der Waals surface area contributed by atoms with E-state index in [1.165, 1.54) is 0 Å². The molecule has 18 heavy (non-hydrogen) atoms. The maximum absolute atomic E-state index is 8.95. The molecule has 0 radical (unpaired) electrons. The third-order valence-electron chi connectivity index (χ3n) is 3.47. The molecular weight excluding hydrogens is 224 g/mol. The summed E-state index contributed by atoms with van der Waals surface area (Å²) in [5.41, 5.74) is 1.57. The van der Waals surface area contributed by atoms with Gasteiger partial charge in [0.2, 0.25) is 0 Å². The number of likely N-dealkylation sites (tertiary alicyclic amines) is 1. The summed E-state index contributed by atoms with van der Waals surface area (Å²) in [6.45, 7) is 7.55. The molecular formula is C14H20N4. The third-order valence-corrected chi connectivity index (χ3v) is 3.47. The Morgan fingerprint density at radius 2 is 2.17 bits per heavy atom. The lowest BCUT2D eigenvalue weighted by Gasteiger charge is -2.31. The highest BCUT2D eigenvalue weighted by Gasteiger charge is 2.18. The number of piperidine rings is 1. The van der Waals surface area contributed by atoms with Crippen molar-refractivity contribution >= 4 is 5.82 Å². The molecule has 0 saturated carbocycles. The molecule has 1 aliphatic heterocycles. The first-order valence-corrected chi connectivity index (χ1v) is 6.59. The van der Waals surface area contributed by atoms with Gasteiger partial charge in [-0.1, -0.05) is 6.92 Å². The molecule has 1 N–H and O–H groups in total. The average molecular weight is 244 g/mol. The standard InChI is InChI=1S/C14H20N4/c1-3-18-6-4-13(5-7-18)17-14-9-12(10-15)8-11(2)16-14/h8-9,13H,3-7H2,1-2H3,(H,16,17). The number of aromatic nitrogens is 1. The van der Waals surface area contributed by atoms with E-state index < -0.39 is 0 Å². The molecule has 1 fully saturated rings. The number of nitrogens with zero attached hydrogens (tertiary/aromatic N) is 3. The predicted octanol–water partition coefficient (Wildman–Crippen LogP) is 2.16. The normalized spacial score (nSPS) is 17.4. The molecule has 0 amide bonds. The number of rotatable bonds is 3. The summed E-state index contributed by atoms with van der Waals surface area (Å²) in [7, 11) is 0. The molecule has 0 bridgehead atoms. The average Bonchev–Trinajstić information content (AvgIpc) is 2.39. The summed E-state index contributed by atoms with van der Waals surface area (Å²) in [6, 6.07) is 6.30. The minimum absolute atomic E-state index is 0.480. The molecule has 0 atom stereocenters. The van der Waals surface area contributed by atoms with E-state index in [2.05, 4.69) is 28.2 Å². The van der Waals surface area contributed by atoms with Crippen LogP contribution in [0.5, 0.6) is 0 Å². The van der Waals surface area contributed by atoms with Crippen molar-refractivity contribution < 1.29 is 0 Å². The van der Waals surface area contributed by atoms with Crippen LogP contribution >= 0.6 is 0 Å². The second kappa shape index (κ2) is 5.83. The number of aryl methyl sites for hydroxylation is 1. The Labute approximate surface area is 109 Å². The summed E-state index contributed by atoms with van der Waals surface area (Å²) in [5, 5.41) is 12.4. The lowest BCUT2D eigenvalue weighted by molar-refractivity contribution is 0.229. The van der Waals surface area contributed by atoms with Gasteiger partial charge in [0, 0.05) is 24.8 Å². The van der Waals surface area contributed by atoms with Gasteiger partial charge < -0.3 is 10.2 Å². The van der Waals surface area contributed by atoms with Gasteiger partial charge in [0.1, 0.15) is 5.82 Å². The third kappa shape index (κ3) is 3.21. The number of pyridine rings is 1. The summed E-state index contributed by atoms with van der Waals surface area (Å²) in [6.07, 6.45) is 2.29. The fourth-order valence-electron chi connectivity index (χ4n) is 2.41. The highest BCUT2D eigenvalue weighted by molar-refractivity contribution is 5.45. The molecule has 2 heterocycles. The largest absolute Gasteiger partial charge is 0.367 e. The van der Waals surface area contributed by atoms with Gasteiger partial charge in [-0.25, -0.2) is 4.98 Å². The number of hydrogen-bond acceptors (Lipinski definition) is 4. The molecule has 0 spiro atoms. The van der Waals surface area contributed by atoms with E-state index in [0.717, 1.165) is 44.0 Å². The zero-order valence-electron chi connectivity index (χ0n) is 11.1. The topological polar surface area (TPSA) is 52.0 Å². The highest BCUT2D eigenvalue weighted by atomic mass is 15.1. The van der Waals surface area contributed by atoms with Crippen LogP contribution in [0.3, 0.4) is 0 Å². The Kier molecular flexibility index (Phi) is 4.16. The van der Waals surface area contributed by atoms with E-state index in [1.807, 2.05) is 19.1 Å². The van der Waals surface area contributed by atoms with Crippen LogP contribution in [0.4, 0.5) is 5.82 Å². The van der Waals surface area contributed by atoms with Crippen molar-refractivity contribution in [1.82, 2.24) is 9.88 Å². The SMILES string of the molecule is CCN1CCC(Nc2cc(C#N)cc(C)n2)CC1. The first kappa shape index (κ1) is 12.8. The van der Waals surface area contributed by atoms with E-state index in [1.54, 1.807) is 0 Å². The van der Waals surface area contributed by atoms with Crippen LogP contribution in [-0.2, 0) is 0 Å². The van der Waals surface area contributed by atoms with Gasteiger partial charge >= 0.3 is 0 Å². The minimum atomic E-state index is 0.480. The Hall–Kier alpha value is -1.60. The van der Waals surface area contributed by atoms with Gasteiger partial charge in [-0.3, -0.25) is 0 Å².